The molecule has 1 N–H and O–H groups in total. The molecule has 1 unspecified atom stereocenters. The summed E-state index contributed by atoms with van der Waals surface area (Å²) in [6.07, 6.45) is 3.36. The molecule has 0 spiro atoms. The van der Waals surface area contributed by atoms with Gasteiger partial charge in [-0.1, -0.05) is 58.4 Å². The summed E-state index contributed by atoms with van der Waals surface area (Å²) < 4.78 is 1.02. The van der Waals surface area contributed by atoms with Crippen molar-refractivity contribution in [3.63, 3.8) is 0 Å². The van der Waals surface area contributed by atoms with E-state index in [0.29, 0.717) is 0 Å². The third-order valence-corrected chi connectivity index (χ3v) is 3.48. The van der Waals surface area contributed by atoms with Crippen LogP contribution in [-0.2, 0) is 4.79 Å². The lowest BCUT2D eigenvalue weighted by atomic mass is 10.1. The molecule has 0 aliphatic carbocycles. The predicted octanol–water partition coefficient (Wildman–Crippen LogP) is 4.34. The Morgan fingerprint density at radius 2 is 1.75 bits per heavy atom. The van der Waals surface area contributed by atoms with Crippen molar-refractivity contribution in [2.24, 2.45) is 0 Å². The quantitative estimate of drug-likeness (QED) is 0.830. The molecule has 0 fully saturated rings. The van der Waals surface area contributed by atoms with Crippen LogP contribution in [0.4, 0.5) is 0 Å². The SMILES string of the molecule is CC(NC(=O)/C=C/c1ccc(Br)cc1)c1ccccc1. The number of rotatable bonds is 4. The second-order valence-electron chi connectivity index (χ2n) is 4.53. The van der Waals surface area contributed by atoms with E-state index < -0.39 is 0 Å². The van der Waals surface area contributed by atoms with Crippen LogP contribution >= 0.6 is 15.9 Å². The first-order valence-electron chi connectivity index (χ1n) is 6.44. The first-order chi connectivity index (χ1) is 9.65. The van der Waals surface area contributed by atoms with Crippen molar-refractivity contribution in [2.75, 3.05) is 0 Å². The summed E-state index contributed by atoms with van der Waals surface area (Å²) in [6.45, 7) is 1.97. The van der Waals surface area contributed by atoms with Gasteiger partial charge in [0.2, 0.25) is 5.91 Å². The smallest absolute Gasteiger partial charge is 0.244 e. The van der Waals surface area contributed by atoms with E-state index in [-0.39, 0.29) is 11.9 Å². The fraction of sp³-hybridized carbons (Fsp3) is 0.118. The molecule has 102 valence electrons. The third-order valence-electron chi connectivity index (χ3n) is 2.96. The first-order valence-corrected chi connectivity index (χ1v) is 7.23. The minimum absolute atomic E-state index is 0.00160. The average molecular weight is 330 g/mol. The first kappa shape index (κ1) is 14.5. The monoisotopic (exact) mass is 329 g/mol. The lowest BCUT2D eigenvalue weighted by Gasteiger charge is -2.12. The molecule has 0 radical (unpaired) electrons. The Hall–Kier alpha value is -1.87. The van der Waals surface area contributed by atoms with Crippen molar-refractivity contribution in [2.45, 2.75) is 13.0 Å². The van der Waals surface area contributed by atoms with E-state index in [9.17, 15) is 4.79 Å². The molecule has 0 bridgehead atoms. The summed E-state index contributed by atoms with van der Waals surface area (Å²) in [6, 6.07) is 17.7. The van der Waals surface area contributed by atoms with Gasteiger partial charge in [0.1, 0.15) is 0 Å². The zero-order chi connectivity index (χ0) is 14.4. The highest BCUT2D eigenvalue weighted by atomic mass is 79.9. The van der Waals surface area contributed by atoms with Crippen molar-refractivity contribution in [1.82, 2.24) is 5.32 Å². The van der Waals surface area contributed by atoms with E-state index in [1.807, 2.05) is 61.5 Å². The molecular formula is C17H16BrNO. The lowest BCUT2D eigenvalue weighted by molar-refractivity contribution is -0.117. The topological polar surface area (TPSA) is 29.1 Å². The van der Waals surface area contributed by atoms with Crippen LogP contribution in [0.3, 0.4) is 0 Å². The van der Waals surface area contributed by atoms with E-state index >= 15 is 0 Å². The minimum atomic E-state index is -0.0933. The molecule has 0 aliphatic heterocycles. The van der Waals surface area contributed by atoms with Crippen molar-refractivity contribution in [1.29, 1.82) is 0 Å². The van der Waals surface area contributed by atoms with Gasteiger partial charge in [-0.2, -0.15) is 0 Å². The molecule has 0 saturated heterocycles. The largest absolute Gasteiger partial charge is 0.346 e. The van der Waals surface area contributed by atoms with Gasteiger partial charge in [-0.15, -0.1) is 0 Å². The van der Waals surface area contributed by atoms with Crippen molar-refractivity contribution in [3.8, 4) is 0 Å². The molecule has 2 rings (SSSR count). The summed E-state index contributed by atoms with van der Waals surface area (Å²) in [7, 11) is 0. The molecule has 0 saturated carbocycles. The van der Waals surface area contributed by atoms with Crippen LogP contribution in [0.2, 0.25) is 0 Å². The Kier molecular flexibility index (Phi) is 5.13. The van der Waals surface area contributed by atoms with E-state index in [1.165, 1.54) is 0 Å². The number of halogens is 1. The lowest BCUT2D eigenvalue weighted by Crippen LogP contribution is -2.24. The number of benzene rings is 2. The maximum Gasteiger partial charge on any atom is 0.244 e. The van der Waals surface area contributed by atoms with Gasteiger partial charge in [-0.05, 0) is 36.3 Å². The summed E-state index contributed by atoms with van der Waals surface area (Å²) in [4.78, 5) is 11.9. The van der Waals surface area contributed by atoms with Crippen molar-refractivity contribution < 1.29 is 4.79 Å². The molecule has 1 atom stereocenters. The van der Waals surface area contributed by atoms with Gasteiger partial charge < -0.3 is 5.32 Å². The summed E-state index contributed by atoms with van der Waals surface area (Å²) >= 11 is 3.38. The van der Waals surface area contributed by atoms with Gasteiger partial charge in [0.15, 0.2) is 0 Å². The third kappa shape index (κ3) is 4.35. The number of nitrogens with one attached hydrogen (secondary N) is 1. The maximum absolute atomic E-state index is 11.9. The Bertz CT molecular complexity index is 590. The van der Waals surface area contributed by atoms with E-state index in [1.54, 1.807) is 12.2 Å². The maximum atomic E-state index is 11.9. The Morgan fingerprint density at radius 1 is 1.10 bits per heavy atom. The van der Waals surface area contributed by atoms with Crippen LogP contribution in [-0.4, -0.2) is 5.91 Å². The summed E-state index contributed by atoms with van der Waals surface area (Å²) in [5, 5.41) is 2.94. The van der Waals surface area contributed by atoms with Gasteiger partial charge in [0.05, 0.1) is 6.04 Å². The molecule has 0 aromatic heterocycles. The van der Waals surface area contributed by atoms with Gasteiger partial charge in [0, 0.05) is 10.5 Å². The highest BCUT2D eigenvalue weighted by Gasteiger charge is 2.06. The molecular weight excluding hydrogens is 314 g/mol. The molecule has 1 amide bonds. The van der Waals surface area contributed by atoms with Crippen LogP contribution in [0.5, 0.6) is 0 Å². The van der Waals surface area contributed by atoms with Crippen LogP contribution in [0, 0.1) is 0 Å². The molecule has 2 nitrogen and oxygen atoms in total. The van der Waals surface area contributed by atoms with Gasteiger partial charge >= 0.3 is 0 Å². The van der Waals surface area contributed by atoms with E-state index in [2.05, 4.69) is 21.2 Å². The Labute approximate surface area is 127 Å². The van der Waals surface area contributed by atoms with Crippen molar-refractivity contribution >= 4 is 27.9 Å². The zero-order valence-electron chi connectivity index (χ0n) is 11.2. The number of carbonyl (C=O) groups is 1. The summed E-state index contributed by atoms with van der Waals surface area (Å²) in [5.41, 5.74) is 2.09. The Morgan fingerprint density at radius 3 is 2.40 bits per heavy atom. The van der Waals surface area contributed by atoms with Gasteiger partial charge in [-0.3, -0.25) is 4.79 Å². The molecule has 2 aromatic carbocycles. The summed E-state index contributed by atoms with van der Waals surface area (Å²) in [5.74, 6) is -0.0933. The standard InChI is InChI=1S/C17H16BrNO/c1-13(15-5-3-2-4-6-15)19-17(20)12-9-14-7-10-16(18)11-8-14/h2-13H,1H3,(H,19,20)/b12-9+. The highest BCUT2D eigenvalue weighted by Crippen LogP contribution is 2.12. The second-order valence-corrected chi connectivity index (χ2v) is 5.44. The molecule has 2 aromatic rings. The molecule has 0 heterocycles. The number of hydrogen-bond donors (Lipinski definition) is 1. The second kappa shape index (κ2) is 7.06. The molecule has 0 aliphatic rings. The highest BCUT2D eigenvalue weighted by molar-refractivity contribution is 9.10. The normalized spacial score (nSPS) is 12.3. The zero-order valence-corrected chi connectivity index (χ0v) is 12.8. The van der Waals surface area contributed by atoms with Crippen LogP contribution in [0.1, 0.15) is 24.1 Å². The molecule has 20 heavy (non-hydrogen) atoms. The predicted molar refractivity (Wildman–Crippen MR) is 86.2 cm³/mol. The van der Waals surface area contributed by atoms with Crippen LogP contribution in [0.15, 0.2) is 65.1 Å². The average Bonchev–Trinajstić information content (AvgIpc) is 2.47. The molecule has 3 heteroatoms. The van der Waals surface area contributed by atoms with Gasteiger partial charge in [0.25, 0.3) is 0 Å². The van der Waals surface area contributed by atoms with E-state index in [4.69, 9.17) is 0 Å². The fourth-order valence-electron chi connectivity index (χ4n) is 1.83. The van der Waals surface area contributed by atoms with E-state index in [0.717, 1.165) is 15.6 Å². The van der Waals surface area contributed by atoms with Crippen LogP contribution in [0.25, 0.3) is 6.08 Å². The number of carbonyl (C=O) groups excluding carboxylic acids is 1. The fourth-order valence-corrected chi connectivity index (χ4v) is 2.10. The Balaban J connectivity index is 1.94. The minimum Gasteiger partial charge on any atom is -0.346 e. The van der Waals surface area contributed by atoms with Crippen molar-refractivity contribution in [3.05, 3.63) is 76.3 Å². The van der Waals surface area contributed by atoms with Gasteiger partial charge in [-0.25, -0.2) is 0 Å². The van der Waals surface area contributed by atoms with Crippen LogP contribution < -0.4 is 5.32 Å². The number of hydrogen-bond acceptors (Lipinski definition) is 1. The number of amides is 1.